The fraction of sp³-hybridized carbons (Fsp3) is 0.136. The summed E-state index contributed by atoms with van der Waals surface area (Å²) in [5.74, 6) is 1.52. The molecule has 146 valence electrons. The number of halogens is 2. The number of imidazole rings is 1. The highest BCUT2D eigenvalue weighted by Crippen LogP contribution is 2.33. The molecule has 0 saturated heterocycles. The molecule has 0 fully saturated rings. The summed E-state index contributed by atoms with van der Waals surface area (Å²) in [5, 5.41) is 0.451. The minimum absolute atomic E-state index is 0.429. The van der Waals surface area contributed by atoms with Gasteiger partial charge in [0.2, 0.25) is 0 Å². The lowest BCUT2D eigenvalue weighted by Gasteiger charge is -2.09. The first kappa shape index (κ1) is 19.6. The molecule has 4 aromatic rings. The molecule has 0 amide bonds. The zero-order valence-corrected chi connectivity index (χ0v) is 18.3. The number of benzene rings is 1. The van der Waals surface area contributed by atoms with Crippen molar-refractivity contribution in [3.05, 3.63) is 81.4 Å². The molecule has 0 spiro atoms. The zero-order valence-electron chi connectivity index (χ0n) is 15.9. The Hall–Kier alpha value is -2.70. The fourth-order valence-electron chi connectivity index (χ4n) is 2.92. The number of aromatic nitrogens is 4. The van der Waals surface area contributed by atoms with Gasteiger partial charge in [-0.05, 0) is 77.3 Å². The highest BCUT2D eigenvalue weighted by atomic mass is 79.9. The van der Waals surface area contributed by atoms with Crippen molar-refractivity contribution in [2.45, 2.75) is 20.5 Å². The van der Waals surface area contributed by atoms with Gasteiger partial charge in [0.25, 0.3) is 0 Å². The molecule has 0 unspecified atom stereocenters. The van der Waals surface area contributed by atoms with E-state index in [4.69, 9.17) is 21.3 Å². The van der Waals surface area contributed by atoms with Gasteiger partial charge in [-0.25, -0.2) is 9.97 Å². The Morgan fingerprint density at radius 1 is 1.03 bits per heavy atom. The molecule has 5 nitrogen and oxygen atoms in total. The molecule has 0 bridgehead atoms. The van der Waals surface area contributed by atoms with Crippen molar-refractivity contribution in [1.82, 2.24) is 19.9 Å². The van der Waals surface area contributed by atoms with Crippen molar-refractivity contribution in [2.24, 2.45) is 0 Å². The minimum Gasteiger partial charge on any atom is -0.487 e. The van der Waals surface area contributed by atoms with Crippen LogP contribution < -0.4 is 4.74 Å². The molecule has 0 radical (unpaired) electrons. The van der Waals surface area contributed by atoms with Crippen LogP contribution in [0.25, 0.3) is 22.6 Å². The molecule has 4 rings (SSSR count). The van der Waals surface area contributed by atoms with Gasteiger partial charge in [-0.2, -0.15) is 0 Å². The lowest BCUT2D eigenvalue weighted by molar-refractivity contribution is 0.301. The Morgan fingerprint density at radius 2 is 1.90 bits per heavy atom. The number of nitrogens with zero attached hydrogens (tertiary/aromatic N) is 3. The maximum Gasteiger partial charge on any atom is 0.140 e. The number of pyridine rings is 2. The van der Waals surface area contributed by atoms with Gasteiger partial charge < -0.3 is 9.72 Å². The first-order chi connectivity index (χ1) is 14.0. The number of ether oxygens (including phenoxy) is 1. The van der Waals surface area contributed by atoms with Crippen molar-refractivity contribution in [1.29, 1.82) is 0 Å². The standard InChI is InChI=1S/C22H18BrClN4O/c1-13-3-5-16(25-10-13)12-29-17-6-7-18(14(2)9-17)20-21(23)28-22(27-20)15-4-8-19(24)26-11-15/h3-11H,12H2,1-2H3,(H,27,28). The van der Waals surface area contributed by atoms with Crippen molar-refractivity contribution < 1.29 is 4.74 Å². The smallest absolute Gasteiger partial charge is 0.140 e. The van der Waals surface area contributed by atoms with Crippen molar-refractivity contribution in [2.75, 3.05) is 0 Å². The summed E-state index contributed by atoms with van der Waals surface area (Å²) in [6.07, 6.45) is 3.54. The molecule has 3 heterocycles. The second-order valence-electron chi connectivity index (χ2n) is 6.71. The summed E-state index contributed by atoms with van der Waals surface area (Å²) in [4.78, 5) is 16.5. The quantitative estimate of drug-likeness (QED) is 0.356. The van der Waals surface area contributed by atoms with Crippen LogP contribution in [-0.4, -0.2) is 19.9 Å². The molecule has 7 heteroatoms. The number of rotatable bonds is 5. The Bertz CT molecular complexity index is 1140. The number of hydrogen-bond donors (Lipinski definition) is 1. The van der Waals surface area contributed by atoms with E-state index in [2.05, 4.69) is 30.9 Å². The van der Waals surface area contributed by atoms with E-state index in [0.717, 1.165) is 49.8 Å². The average Bonchev–Trinajstić information content (AvgIpc) is 3.09. The Labute approximate surface area is 182 Å². The number of H-pyrrole nitrogens is 1. The van der Waals surface area contributed by atoms with E-state index in [0.29, 0.717) is 11.8 Å². The predicted molar refractivity (Wildman–Crippen MR) is 118 cm³/mol. The second kappa shape index (κ2) is 8.35. The monoisotopic (exact) mass is 468 g/mol. The molecular weight excluding hydrogens is 452 g/mol. The fourth-order valence-corrected chi connectivity index (χ4v) is 3.52. The first-order valence-electron chi connectivity index (χ1n) is 9.02. The summed E-state index contributed by atoms with van der Waals surface area (Å²) in [5.41, 5.74) is 5.80. The van der Waals surface area contributed by atoms with Gasteiger partial charge in [-0.1, -0.05) is 17.7 Å². The third-order valence-corrected chi connectivity index (χ3v) is 5.27. The Kier molecular flexibility index (Phi) is 5.65. The maximum absolute atomic E-state index is 5.90. The number of nitrogens with one attached hydrogen (secondary N) is 1. The third-order valence-electron chi connectivity index (χ3n) is 4.47. The maximum atomic E-state index is 5.90. The predicted octanol–water partition coefficient (Wildman–Crippen LogP) is 6.15. The topological polar surface area (TPSA) is 63.7 Å². The van der Waals surface area contributed by atoms with Crippen LogP contribution in [0.15, 0.2) is 59.5 Å². The molecule has 0 aliphatic rings. The SMILES string of the molecule is Cc1ccc(COc2ccc(-c3nc(-c4ccc(Cl)nc4)[nH]c3Br)c(C)c2)nc1. The van der Waals surface area contributed by atoms with E-state index in [1.54, 1.807) is 12.3 Å². The molecule has 3 aromatic heterocycles. The van der Waals surface area contributed by atoms with Crippen molar-refractivity contribution in [3.8, 4) is 28.4 Å². The molecule has 1 N–H and O–H groups in total. The van der Waals surface area contributed by atoms with Crippen molar-refractivity contribution in [3.63, 3.8) is 0 Å². The summed E-state index contributed by atoms with van der Waals surface area (Å²) >= 11 is 9.45. The van der Waals surface area contributed by atoms with Crippen LogP contribution in [0.1, 0.15) is 16.8 Å². The highest BCUT2D eigenvalue weighted by Gasteiger charge is 2.14. The summed E-state index contributed by atoms with van der Waals surface area (Å²) in [6.45, 7) is 4.48. The average molecular weight is 470 g/mol. The number of aryl methyl sites for hydroxylation is 2. The molecule has 0 atom stereocenters. The lowest BCUT2D eigenvalue weighted by Crippen LogP contribution is -1.98. The van der Waals surface area contributed by atoms with E-state index in [1.165, 1.54) is 0 Å². The molecule has 0 aliphatic heterocycles. The third kappa shape index (κ3) is 4.49. The van der Waals surface area contributed by atoms with E-state index in [-0.39, 0.29) is 0 Å². The van der Waals surface area contributed by atoms with Gasteiger partial charge in [0.1, 0.15) is 33.6 Å². The minimum atomic E-state index is 0.429. The number of aromatic amines is 1. The van der Waals surface area contributed by atoms with Gasteiger partial charge in [0.05, 0.1) is 5.69 Å². The Balaban J connectivity index is 1.55. The molecule has 0 aliphatic carbocycles. The largest absolute Gasteiger partial charge is 0.487 e. The van der Waals surface area contributed by atoms with Crippen LogP contribution in [0, 0.1) is 13.8 Å². The van der Waals surface area contributed by atoms with E-state index in [9.17, 15) is 0 Å². The van der Waals surface area contributed by atoms with Crippen LogP contribution in [0.2, 0.25) is 5.15 Å². The zero-order chi connectivity index (χ0) is 20.4. The van der Waals surface area contributed by atoms with Crippen LogP contribution >= 0.6 is 27.5 Å². The normalized spacial score (nSPS) is 10.9. The Morgan fingerprint density at radius 3 is 2.59 bits per heavy atom. The highest BCUT2D eigenvalue weighted by molar-refractivity contribution is 9.10. The molecular formula is C22H18BrClN4O. The first-order valence-corrected chi connectivity index (χ1v) is 10.2. The molecule has 1 aromatic carbocycles. The van der Waals surface area contributed by atoms with Gasteiger partial charge in [-0.3, -0.25) is 4.98 Å². The molecule has 29 heavy (non-hydrogen) atoms. The summed E-state index contributed by atoms with van der Waals surface area (Å²) in [7, 11) is 0. The van der Waals surface area contributed by atoms with Crippen molar-refractivity contribution >= 4 is 27.5 Å². The van der Waals surface area contributed by atoms with Gasteiger partial charge in [0, 0.05) is 23.5 Å². The molecule has 0 saturated carbocycles. The van der Waals surface area contributed by atoms with Crippen LogP contribution in [-0.2, 0) is 6.61 Å². The van der Waals surface area contributed by atoms with Crippen LogP contribution in [0.4, 0.5) is 0 Å². The number of hydrogen-bond acceptors (Lipinski definition) is 4. The van der Waals surface area contributed by atoms with Gasteiger partial charge in [-0.15, -0.1) is 0 Å². The lowest BCUT2D eigenvalue weighted by atomic mass is 10.1. The summed E-state index contributed by atoms with van der Waals surface area (Å²) < 4.78 is 6.70. The van der Waals surface area contributed by atoms with Gasteiger partial charge >= 0.3 is 0 Å². The van der Waals surface area contributed by atoms with E-state index < -0.39 is 0 Å². The van der Waals surface area contributed by atoms with E-state index >= 15 is 0 Å². The van der Waals surface area contributed by atoms with Crippen LogP contribution in [0.5, 0.6) is 5.75 Å². The van der Waals surface area contributed by atoms with E-state index in [1.807, 2.05) is 56.4 Å². The van der Waals surface area contributed by atoms with Gasteiger partial charge in [0.15, 0.2) is 0 Å². The van der Waals surface area contributed by atoms with Crippen LogP contribution in [0.3, 0.4) is 0 Å². The second-order valence-corrected chi connectivity index (χ2v) is 7.89. The summed E-state index contributed by atoms with van der Waals surface area (Å²) in [6, 6.07) is 13.6.